The summed E-state index contributed by atoms with van der Waals surface area (Å²) in [6.45, 7) is 8.17. The van der Waals surface area contributed by atoms with Crippen molar-refractivity contribution in [2.75, 3.05) is 0 Å². The van der Waals surface area contributed by atoms with Gasteiger partial charge in [-0.05, 0) is 25.0 Å². The standard InChI is InChI=1S/C10H14N2O/c1-4-7-12-9(5-6-11-12)10(13)8(2)3/h5-6H,2,4,7H2,1,3H3. The van der Waals surface area contributed by atoms with E-state index in [9.17, 15) is 4.79 Å². The highest BCUT2D eigenvalue weighted by Crippen LogP contribution is 2.06. The highest BCUT2D eigenvalue weighted by atomic mass is 16.1. The fraction of sp³-hybridized carbons (Fsp3) is 0.400. The van der Waals surface area contributed by atoms with Crippen LogP contribution in [0.5, 0.6) is 0 Å². The first-order chi connectivity index (χ1) is 6.16. The maximum atomic E-state index is 11.5. The van der Waals surface area contributed by atoms with Gasteiger partial charge >= 0.3 is 0 Å². The van der Waals surface area contributed by atoms with Crippen LogP contribution >= 0.6 is 0 Å². The molecule has 70 valence electrons. The van der Waals surface area contributed by atoms with E-state index in [0.717, 1.165) is 13.0 Å². The Bertz CT molecular complexity index is 325. The molecule has 0 bridgehead atoms. The zero-order valence-electron chi connectivity index (χ0n) is 8.08. The van der Waals surface area contributed by atoms with E-state index in [4.69, 9.17) is 0 Å². The van der Waals surface area contributed by atoms with Gasteiger partial charge in [0.05, 0.1) is 0 Å². The van der Waals surface area contributed by atoms with E-state index in [0.29, 0.717) is 11.3 Å². The van der Waals surface area contributed by atoms with Crippen LogP contribution in [0, 0.1) is 0 Å². The van der Waals surface area contributed by atoms with Crippen molar-refractivity contribution in [1.82, 2.24) is 9.78 Å². The van der Waals surface area contributed by atoms with Crippen LogP contribution in [0.4, 0.5) is 0 Å². The highest BCUT2D eigenvalue weighted by molar-refractivity contribution is 6.06. The van der Waals surface area contributed by atoms with Crippen LogP contribution in [0.3, 0.4) is 0 Å². The van der Waals surface area contributed by atoms with Crippen LogP contribution in [0.2, 0.25) is 0 Å². The number of nitrogens with zero attached hydrogens (tertiary/aromatic N) is 2. The third kappa shape index (κ3) is 2.05. The Balaban J connectivity index is 2.93. The molecule has 0 aliphatic rings. The monoisotopic (exact) mass is 178 g/mol. The lowest BCUT2D eigenvalue weighted by atomic mass is 10.1. The molecule has 0 fully saturated rings. The van der Waals surface area contributed by atoms with Gasteiger partial charge in [-0.15, -0.1) is 0 Å². The fourth-order valence-electron chi connectivity index (χ4n) is 1.13. The first-order valence-electron chi connectivity index (χ1n) is 4.38. The van der Waals surface area contributed by atoms with Crippen molar-refractivity contribution in [3.8, 4) is 0 Å². The van der Waals surface area contributed by atoms with Crippen molar-refractivity contribution in [1.29, 1.82) is 0 Å². The minimum atomic E-state index is -0.0223. The van der Waals surface area contributed by atoms with Gasteiger partial charge in [-0.3, -0.25) is 9.48 Å². The van der Waals surface area contributed by atoms with Crippen molar-refractivity contribution in [3.63, 3.8) is 0 Å². The molecular weight excluding hydrogens is 164 g/mol. The van der Waals surface area contributed by atoms with E-state index in [2.05, 4.69) is 18.6 Å². The molecule has 1 rings (SSSR count). The zero-order valence-corrected chi connectivity index (χ0v) is 8.08. The van der Waals surface area contributed by atoms with E-state index in [-0.39, 0.29) is 5.78 Å². The van der Waals surface area contributed by atoms with Crippen molar-refractivity contribution in [2.24, 2.45) is 0 Å². The average molecular weight is 178 g/mol. The first-order valence-corrected chi connectivity index (χ1v) is 4.38. The second-order valence-corrected chi connectivity index (χ2v) is 3.05. The Kier molecular flexibility index (Phi) is 3.01. The minimum Gasteiger partial charge on any atom is -0.287 e. The molecule has 3 nitrogen and oxygen atoms in total. The van der Waals surface area contributed by atoms with Gasteiger partial charge in [0.25, 0.3) is 0 Å². The topological polar surface area (TPSA) is 34.9 Å². The van der Waals surface area contributed by atoms with Gasteiger partial charge in [0.2, 0.25) is 5.78 Å². The molecule has 13 heavy (non-hydrogen) atoms. The molecule has 0 amide bonds. The SMILES string of the molecule is C=C(C)C(=O)c1ccnn1CCC. The van der Waals surface area contributed by atoms with Crippen molar-refractivity contribution in [2.45, 2.75) is 26.8 Å². The largest absolute Gasteiger partial charge is 0.287 e. The first kappa shape index (κ1) is 9.71. The lowest BCUT2D eigenvalue weighted by Crippen LogP contribution is -2.10. The van der Waals surface area contributed by atoms with Gasteiger partial charge in [0.15, 0.2) is 0 Å². The van der Waals surface area contributed by atoms with Crippen LogP contribution in [0.15, 0.2) is 24.4 Å². The van der Waals surface area contributed by atoms with Crippen molar-refractivity contribution in [3.05, 3.63) is 30.1 Å². The van der Waals surface area contributed by atoms with Gasteiger partial charge in [0, 0.05) is 12.7 Å². The van der Waals surface area contributed by atoms with E-state index in [1.807, 2.05) is 0 Å². The molecule has 0 aliphatic heterocycles. The molecule has 0 atom stereocenters. The fourth-order valence-corrected chi connectivity index (χ4v) is 1.13. The molecule has 0 saturated heterocycles. The van der Waals surface area contributed by atoms with Crippen LogP contribution in [-0.4, -0.2) is 15.6 Å². The molecule has 0 N–H and O–H groups in total. The summed E-state index contributed by atoms with van der Waals surface area (Å²) in [4.78, 5) is 11.5. The Morgan fingerprint density at radius 1 is 1.69 bits per heavy atom. The number of Topliss-reactive ketones (excluding diaryl/α,β-unsaturated/α-hetero) is 1. The lowest BCUT2D eigenvalue weighted by Gasteiger charge is -2.03. The van der Waals surface area contributed by atoms with Gasteiger partial charge < -0.3 is 0 Å². The van der Waals surface area contributed by atoms with Crippen LogP contribution in [0.25, 0.3) is 0 Å². The molecule has 1 aromatic heterocycles. The Morgan fingerprint density at radius 2 is 2.38 bits per heavy atom. The van der Waals surface area contributed by atoms with E-state index in [1.165, 1.54) is 0 Å². The molecular formula is C10H14N2O. The summed E-state index contributed by atoms with van der Waals surface area (Å²) in [5, 5.41) is 4.06. The molecule has 0 spiro atoms. The maximum Gasteiger partial charge on any atom is 0.206 e. The van der Waals surface area contributed by atoms with Gasteiger partial charge in [-0.2, -0.15) is 5.10 Å². The number of aromatic nitrogens is 2. The Morgan fingerprint density at radius 3 is 2.92 bits per heavy atom. The Hall–Kier alpha value is -1.38. The molecule has 0 aromatic carbocycles. The number of hydrogen-bond donors (Lipinski definition) is 0. The third-order valence-corrected chi connectivity index (χ3v) is 1.77. The van der Waals surface area contributed by atoms with Gasteiger partial charge in [-0.1, -0.05) is 13.5 Å². The van der Waals surface area contributed by atoms with Gasteiger partial charge in [-0.25, -0.2) is 0 Å². The zero-order chi connectivity index (χ0) is 9.84. The lowest BCUT2D eigenvalue weighted by molar-refractivity contribution is 0.102. The van der Waals surface area contributed by atoms with E-state index < -0.39 is 0 Å². The summed E-state index contributed by atoms with van der Waals surface area (Å²) in [5.41, 5.74) is 1.19. The Labute approximate surface area is 78.1 Å². The maximum absolute atomic E-state index is 11.5. The summed E-state index contributed by atoms with van der Waals surface area (Å²) in [6, 6.07) is 1.73. The molecule has 3 heteroatoms. The number of aryl methyl sites for hydroxylation is 1. The molecule has 0 saturated carbocycles. The smallest absolute Gasteiger partial charge is 0.206 e. The van der Waals surface area contributed by atoms with E-state index >= 15 is 0 Å². The van der Waals surface area contributed by atoms with Crippen molar-refractivity contribution >= 4 is 5.78 Å². The number of carbonyl (C=O) groups is 1. The van der Waals surface area contributed by atoms with E-state index in [1.54, 1.807) is 23.9 Å². The normalized spacial score (nSPS) is 10.0. The summed E-state index contributed by atoms with van der Waals surface area (Å²) in [5.74, 6) is -0.0223. The molecule has 0 aliphatic carbocycles. The van der Waals surface area contributed by atoms with Crippen LogP contribution < -0.4 is 0 Å². The summed E-state index contributed by atoms with van der Waals surface area (Å²) >= 11 is 0. The summed E-state index contributed by atoms with van der Waals surface area (Å²) in [7, 11) is 0. The highest BCUT2D eigenvalue weighted by Gasteiger charge is 2.11. The molecule has 0 radical (unpaired) electrons. The summed E-state index contributed by atoms with van der Waals surface area (Å²) < 4.78 is 1.72. The molecule has 1 heterocycles. The predicted octanol–water partition coefficient (Wildman–Crippen LogP) is 2.05. The number of allylic oxidation sites excluding steroid dienone is 1. The predicted molar refractivity (Wildman–Crippen MR) is 51.7 cm³/mol. The number of rotatable bonds is 4. The molecule has 0 unspecified atom stereocenters. The second kappa shape index (κ2) is 4.03. The quantitative estimate of drug-likeness (QED) is 0.522. The summed E-state index contributed by atoms with van der Waals surface area (Å²) in [6.07, 6.45) is 2.62. The average Bonchev–Trinajstić information content (AvgIpc) is 2.52. The van der Waals surface area contributed by atoms with Crippen LogP contribution in [0.1, 0.15) is 30.8 Å². The minimum absolute atomic E-state index is 0.0223. The number of ketones is 1. The van der Waals surface area contributed by atoms with Crippen LogP contribution in [-0.2, 0) is 6.54 Å². The number of hydrogen-bond acceptors (Lipinski definition) is 2. The van der Waals surface area contributed by atoms with Crippen molar-refractivity contribution < 1.29 is 4.79 Å². The third-order valence-electron chi connectivity index (χ3n) is 1.77. The number of carbonyl (C=O) groups excluding carboxylic acids is 1. The second-order valence-electron chi connectivity index (χ2n) is 3.05. The van der Waals surface area contributed by atoms with Gasteiger partial charge in [0.1, 0.15) is 5.69 Å². The molecule has 1 aromatic rings.